The lowest BCUT2D eigenvalue weighted by Crippen LogP contribution is -1.79. The largest absolute Gasteiger partial charge is 0.426 e. The molecule has 0 fully saturated rings. The van der Waals surface area contributed by atoms with Crippen molar-refractivity contribution in [3.8, 4) is 23.0 Å². The summed E-state index contributed by atoms with van der Waals surface area (Å²) in [5.41, 5.74) is 1.04. The van der Waals surface area contributed by atoms with Gasteiger partial charge in [0, 0.05) is 11.6 Å². The van der Waals surface area contributed by atoms with E-state index in [-0.39, 0.29) is 0 Å². The molecule has 0 unspecified atom stereocenters. The van der Waals surface area contributed by atoms with Gasteiger partial charge in [0.1, 0.15) is 11.5 Å². The number of para-hydroxylation sites is 1. The van der Waals surface area contributed by atoms with E-state index in [4.69, 9.17) is 9.15 Å². The highest BCUT2D eigenvalue weighted by Gasteiger charge is 2.05. The van der Waals surface area contributed by atoms with Crippen LogP contribution >= 0.6 is 0 Å². The zero-order valence-electron chi connectivity index (χ0n) is 9.74. The van der Waals surface area contributed by atoms with Crippen LogP contribution in [0.15, 0.2) is 77.2 Å². The molecule has 0 atom stereocenters. The molecule has 1 heterocycles. The first-order valence-corrected chi connectivity index (χ1v) is 5.80. The Kier molecular flexibility index (Phi) is 2.84. The zero-order valence-corrected chi connectivity index (χ0v) is 9.74. The van der Waals surface area contributed by atoms with Crippen molar-refractivity contribution in [3.05, 3.63) is 72.8 Å². The minimum absolute atomic E-state index is 0.500. The van der Waals surface area contributed by atoms with Crippen molar-refractivity contribution in [2.75, 3.05) is 0 Å². The monoisotopic (exact) mass is 236 g/mol. The summed E-state index contributed by atoms with van der Waals surface area (Å²) < 4.78 is 11.3. The molecule has 0 aliphatic rings. The molecule has 2 heteroatoms. The fraction of sp³-hybridized carbons (Fsp3) is 0. The molecule has 0 bridgehead atoms. The minimum atomic E-state index is 0.500. The molecule has 0 saturated carbocycles. The van der Waals surface area contributed by atoms with Gasteiger partial charge in [-0.2, -0.15) is 0 Å². The molecule has 0 spiro atoms. The first kappa shape index (κ1) is 10.7. The average molecular weight is 236 g/mol. The van der Waals surface area contributed by atoms with Gasteiger partial charge in [-0.1, -0.05) is 48.5 Å². The number of hydrogen-bond acceptors (Lipinski definition) is 2. The number of hydrogen-bond donors (Lipinski definition) is 0. The Labute approximate surface area is 105 Å². The Bertz CT molecular complexity index is 612. The summed E-state index contributed by atoms with van der Waals surface area (Å²) >= 11 is 0. The van der Waals surface area contributed by atoms with Crippen molar-refractivity contribution < 1.29 is 9.15 Å². The van der Waals surface area contributed by atoms with Crippen LogP contribution in [0.1, 0.15) is 0 Å². The average Bonchev–Trinajstić information content (AvgIpc) is 2.89. The highest BCUT2D eigenvalue weighted by atomic mass is 16.6. The molecule has 2 aromatic carbocycles. The van der Waals surface area contributed by atoms with E-state index in [1.54, 1.807) is 0 Å². The van der Waals surface area contributed by atoms with E-state index in [1.807, 2.05) is 72.8 Å². The molecule has 0 N–H and O–H groups in total. The third-order valence-electron chi connectivity index (χ3n) is 2.60. The molecule has 3 rings (SSSR count). The van der Waals surface area contributed by atoms with Gasteiger partial charge in [0.15, 0.2) is 0 Å². The van der Waals surface area contributed by atoms with Gasteiger partial charge < -0.3 is 9.15 Å². The normalized spacial score (nSPS) is 10.2. The van der Waals surface area contributed by atoms with E-state index in [9.17, 15) is 0 Å². The van der Waals surface area contributed by atoms with Crippen LogP contribution in [0.2, 0.25) is 0 Å². The summed E-state index contributed by atoms with van der Waals surface area (Å²) in [6.07, 6.45) is 0. The molecule has 18 heavy (non-hydrogen) atoms. The van der Waals surface area contributed by atoms with Crippen LogP contribution in [-0.4, -0.2) is 0 Å². The van der Waals surface area contributed by atoms with Gasteiger partial charge in [-0.05, 0) is 18.2 Å². The van der Waals surface area contributed by atoms with Crippen LogP contribution in [0, 0.1) is 0 Å². The fourth-order valence-corrected chi connectivity index (χ4v) is 1.74. The Morgan fingerprint density at radius 2 is 1.33 bits per heavy atom. The van der Waals surface area contributed by atoms with E-state index in [0.717, 1.165) is 17.1 Å². The number of benzene rings is 2. The lowest BCUT2D eigenvalue weighted by atomic mass is 10.2. The Balaban J connectivity index is 1.82. The highest BCUT2D eigenvalue weighted by Crippen LogP contribution is 2.28. The first-order chi connectivity index (χ1) is 8.92. The van der Waals surface area contributed by atoms with Crippen LogP contribution in [0.5, 0.6) is 11.7 Å². The summed E-state index contributed by atoms with van der Waals surface area (Å²) in [5.74, 6) is 2.08. The van der Waals surface area contributed by atoms with Crippen LogP contribution in [0.3, 0.4) is 0 Å². The molecule has 1 aromatic heterocycles. The third kappa shape index (κ3) is 2.28. The second-order valence-electron chi connectivity index (χ2n) is 3.90. The lowest BCUT2D eigenvalue weighted by molar-refractivity contribution is 0.352. The van der Waals surface area contributed by atoms with E-state index in [2.05, 4.69) is 0 Å². The van der Waals surface area contributed by atoms with Crippen molar-refractivity contribution in [1.82, 2.24) is 0 Å². The standard InChI is InChI=1S/C16H12O2/c1-3-7-13(8-4-1)15-11-12-16(18-15)17-14-9-5-2-6-10-14/h1-12H. The summed E-state index contributed by atoms with van der Waals surface area (Å²) in [6.45, 7) is 0. The van der Waals surface area contributed by atoms with Crippen LogP contribution < -0.4 is 4.74 Å². The molecule has 2 nitrogen and oxygen atoms in total. The maximum atomic E-state index is 5.65. The van der Waals surface area contributed by atoms with Crippen molar-refractivity contribution in [2.45, 2.75) is 0 Å². The molecular formula is C16H12O2. The van der Waals surface area contributed by atoms with Crippen molar-refractivity contribution in [1.29, 1.82) is 0 Å². The van der Waals surface area contributed by atoms with Crippen LogP contribution in [0.25, 0.3) is 11.3 Å². The minimum Gasteiger partial charge on any atom is -0.426 e. The smallest absolute Gasteiger partial charge is 0.290 e. The van der Waals surface area contributed by atoms with E-state index in [1.165, 1.54) is 0 Å². The fourth-order valence-electron chi connectivity index (χ4n) is 1.74. The van der Waals surface area contributed by atoms with Gasteiger partial charge in [-0.15, -0.1) is 0 Å². The first-order valence-electron chi connectivity index (χ1n) is 5.80. The third-order valence-corrected chi connectivity index (χ3v) is 2.60. The molecule has 0 saturated heterocycles. The van der Waals surface area contributed by atoms with E-state index < -0.39 is 0 Å². The summed E-state index contributed by atoms with van der Waals surface area (Å²) in [7, 11) is 0. The molecular weight excluding hydrogens is 224 g/mol. The van der Waals surface area contributed by atoms with Gasteiger partial charge >= 0.3 is 0 Å². The molecule has 0 amide bonds. The number of furan rings is 1. The van der Waals surface area contributed by atoms with Gasteiger partial charge in [-0.25, -0.2) is 0 Å². The quantitative estimate of drug-likeness (QED) is 0.655. The molecule has 3 aromatic rings. The Morgan fingerprint density at radius 1 is 0.667 bits per heavy atom. The predicted octanol–water partition coefficient (Wildman–Crippen LogP) is 4.74. The summed E-state index contributed by atoms with van der Waals surface area (Å²) in [5, 5.41) is 0. The Hall–Kier alpha value is -2.48. The topological polar surface area (TPSA) is 22.4 Å². The van der Waals surface area contributed by atoms with Gasteiger partial charge in [-0.3, -0.25) is 0 Å². The molecule has 0 radical (unpaired) electrons. The van der Waals surface area contributed by atoms with E-state index in [0.29, 0.717) is 5.95 Å². The van der Waals surface area contributed by atoms with Gasteiger partial charge in [0.05, 0.1) is 0 Å². The van der Waals surface area contributed by atoms with Crippen molar-refractivity contribution >= 4 is 0 Å². The predicted molar refractivity (Wildman–Crippen MR) is 70.7 cm³/mol. The molecule has 88 valence electrons. The van der Waals surface area contributed by atoms with Crippen LogP contribution in [-0.2, 0) is 0 Å². The summed E-state index contributed by atoms with van der Waals surface area (Å²) in [4.78, 5) is 0. The van der Waals surface area contributed by atoms with Crippen LogP contribution in [0.4, 0.5) is 0 Å². The maximum absolute atomic E-state index is 5.65. The Morgan fingerprint density at radius 3 is 2.06 bits per heavy atom. The summed E-state index contributed by atoms with van der Waals surface area (Å²) in [6, 6.07) is 23.3. The van der Waals surface area contributed by atoms with Gasteiger partial charge in [0.25, 0.3) is 5.95 Å². The lowest BCUT2D eigenvalue weighted by Gasteiger charge is -2.00. The van der Waals surface area contributed by atoms with E-state index >= 15 is 0 Å². The van der Waals surface area contributed by atoms with Gasteiger partial charge in [0.2, 0.25) is 0 Å². The van der Waals surface area contributed by atoms with Crippen molar-refractivity contribution in [2.24, 2.45) is 0 Å². The van der Waals surface area contributed by atoms with Crippen molar-refractivity contribution in [3.63, 3.8) is 0 Å². The molecule has 0 aliphatic carbocycles. The number of rotatable bonds is 3. The number of ether oxygens (including phenoxy) is 1. The second kappa shape index (κ2) is 4.80. The highest BCUT2D eigenvalue weighted by molar-refractivity contribution is 5.57. The SMILES string of the molecule is c1ccc(Oc2ccc(-c3ccccc3)o2)cc1. The zero-order chi connectivity index (χ0) is 12.2. The maximum Gasteiger partial charge on any atom is 0.290 e. The molecule has 0 aliphatic heterocycles. The second-order valence-corrected chi connectivity index (χ2v) is 3.90.